The highest BCUT2D eigenvalue weighted by atomic mass is 32.2. The summed E-state index contributed by atoms with van der Waals surface area (Å²) in [5.41, 5.74) is 0.262. The topological polar surface area (TPSA) is 88.8 Å². The molecule has 7 heteroatoms. The Hall–Kier alpha value is -1.99. The molecule has 22 heavy (non-hydrogen) atoms. The summed E-state index contributed by atoms with van der Waals surface area (Å²) in [5.74, 6) is 0.349. The van der Waals surface area contributed by atoms with Crippen molar-refractivity contribution in [2.45, 2.75) is 37.1 Å². The first-order chi connectivity index (χ1) is 10.3. The maximum Gasteiger partial charge on any atom is 0.295 e. The van der Waals surface area contributed by atoms with Crippen LogP contribution in [0, 0.1) is 0 Å². The van der Waals surface area contributed by atoms with Gasteiger partial charge in [-0.15, -0.1) is 0 Å². The first-order valence-electron chi connectivity index (χ1n) is 6.85. The van der Waals surface area contributed by atoms with Crippen LogP contribution in [-0.2, 0) is 10.0 Å². The molecule has 0 spiro atoms. The third-order valence-electron chi connectivity index (χ3n) is 3.47. The number of ether oxygens (including phenoxy) is 1. The fraction of sp³-hybridized carbons (Fsp3) is 0.333. The number of furan rings is 1. The van der Waals surface area contributed by atoms with Crippen molar-refractivity contribution in [3.8, 4) is 5.75 Å². The number of anilines is 1. The number of aliphatic hydroxyl groups is 1. The molecule has 0 aliphatic carbocycles. The third-order valence-corrected chi connectivity index (χ3v) is 4.72. The highest BCUT2D eigenvalue weighted by Gasteiger charge is 2.35. The molecular formula is C15H17NO5S. The van der Waals surface area contributed by atoms with Crippen LogP contribution in [-0.4, -0.2) is 19.1 Å². The summed E-state index contributed by atoms with van der Waals surface area (Å²) in [6.45, 7) is 3.69. The lowest BCUT2D eigenvalue weighted by Crippen LogP contribution is -2.35. The van der Waals surface area contributed by atoms with Crippen molar-refractivity contribution in [3.63, 3.8) is 0 Å². The Morgan fingerprint density at radius 3 is 2.73 bits per heavy atom. The van der Waals surface area contributed by atoms with Crippen LogP contribution in [0.1, 0.15) is 31.9 Å². The van der Waals surface area contributed by atoms with Gasteiger partial charge in [0.15, 0.2) is 0 Å². The van der Waals surface area contributed by atoms with Crippen LogP contribution in [0.5, 0.6) is 5.75 Å². The Bertz CT molecular complexity index is 780. The monoisotopic (exact) mass is 323 g/mol. The van der Waals surface area contributed by atoms with E-state index in [0.717, 1.165) is 0 Å². The average molecular weight is 323 g/mol. The van der Waals surface area contributed by atoms with Crippen molar-refractivity contribution in [1.29, 1.82) is 0 Å². The van der Waals surface area contributed by atoms with Crippen molar-refractivity contribution in [1.82, 2.24) is 0 Å². The van der Waals surface area contributed by atoms with Crippen LogP contribution in [0.25, 0.3) is 0 Å². The molecule has 118 valence electrons. The molecule has 0 bridgehead atoms. The molecule has 1 aliphatic heterocycles. The van der Waals surface area contributed by atoms with E-state index in [1.54, 1.807) is 18.2 Å². The molecule has 2 heterocycles. The van der Waals surface area contributed by atoms with Crippen LogP contribution >= 0.6 is 0 Å². The van der Waals surface area contributed by atoms with Gasteiger partial charge in [-0.1, -0.05) is 12.1 Å². The Morgan fingerprint density at radius 2 is 2.05 bits per heavy atom. The number of fused-ring (bicyclic) bond motifs is 1. The van der Waals surface area contributed by atoms with Crippen LogP contribution in [0.3, 0.4) is 0 Å². The van der Waals surface area contributed by atoms with E-state index in [9.17, 15) is 13.5 Å². The largest absolute Gasteiger partial charge is 0.485 e. The number of sulfonamides is 1. The van der Waals surface area contributed by atoms with E-state index in [1.165, 1.54) is 18.4 Å². The number of hydrogen-bond acceptors (Lipinski definition) is 5. The zero-order chi connectivity index (χ0) is 16.0. The molecule has 2 aromatic rings. The van der Waals surface area contributed by atoms with Gasteiger partial charge in [0.25, 0.3) is 10.0 Å². The van der Waals surface area contributed by atoms with Gasteiger partial charge in [0, 0.05) is 12.0 Å². The lowest BCUT2D eigenvalue weighted by Gasteiger charge is -2.36. The van der Waals surface area contributed by atoms with Crippen molar-refractivity contribution < 1.29 is 22.7 Å². The number of para-hydroxylation sites is 1. The molecule has 1 aromatic carbocycles. The lowest BCUT2D eigenvalue weighted by atomic mass is 9.91. The number of nitrogens with one attached hydrogen (secondary N) is 1. The minimum absolute atomic E-state index is 0.180. The van der Waals surface area contributed by atoms with Crippen LogP contribution in [0.4, 0.5) is 5.69 Å². The van der Waals surface area contributed by atoms with E-state index in [0.29, 0.717) is 17.7 Å². The highest BCUT2D eigenvalue weighted by Crippen LogP contribution is 2.44. The zero-order valence-corrected chi connectivity index (χ0v) is 13.1. The van der Waals surface area contributed by atoms with Crippen LogP contribution in [0.2, 0.25) is 0 Å². The second-order valence-corrected chi connectivity index (χ2v) is 7.46. The summed E-state index contributed by atoms with van der Waals surface area (Å²) in [5, 5.41) is 10.0. The molecule has 0 saturated heterocycles. The maximum atomic E-state index is 12.3. The molecule has 1 atom stereocenters. The second kappa shape index (κ2) is 5.03. The highest BCUT2D eigenvalue weighted by molar-refractivity contribution is 7.92. The SMILES string of the molecule is CC1(C)CC(O)c2cccc(NS(=O)(=O)c3ccco3)c2O1. The molecule has 1 aromatic heterocycles. The minimum atomic E-state index is -3.84. The molecule has 0 fully saturated rings. The van der Waals surface area contributed by atoms with Gasteiger partial charge < -0.3 is 14.3 Å². The molecule has 1 unspecified atom stereocenters. The first-order valence-corrected chi connectivity index (χ1v) is 8.33. The summed E-state index contributed by atoms with van der Waals surface area (Å²) in [7, 11) is -3.84. The van der Waals surface area contributed by atoms with Gasteiger partial charge in [0.2, 0.25) is 5.09 Å². The van der Waals surface area contributed by atoms with Gasteiger partial charge in [0.05, 0.1) is 18.1 Å². The second-order valence-electron chi connectivity index (χ2n) is 5.84. The van der Waals surface area contributed by atoms with Gasteiger partial charge in [0.1, 0.15) is 11.4 Å². The van der Waals surface area contributed by atoms with Crippen molar-refractivity contribution in [3.05, 3.63) is 42.2 Å². The van der Waals surface area contributed by atoms with Gasteiger partial charge in [-0.05, 0) is 32.0 Å². The molecule has 0 amide bonds. The Labute approximate surface area is 128 Å². The Morgan fingerprint density at radius 1 is 1.27 bits per heavy atom. The van der Waals surface area contributed by atoms with E-state index in [2.05, 4.69) is 4.72 Å². The van der Waals surface area contributed by atoms with Crippen LogP contribution < -0.4 is 9.46 Å². The minimum Gasteiger partial charge on any atom is -0.485 e. The van der Waals surface area contributed by atoms with E-state index < -0.39 is 21.7 Å². The molecule has 3 rings (SSSR count). The quantitative estimate of drug-likeness (QED) is 0.906. The first kappa shape index (κ1) is 14.9. The van der Waals surface area contributed by atoms with E-state index in [1.807, 2.05) is 13.8 Å². The Kier molecular flexibility index (Phi) is 3.41. The standard InChI is InChI=1S/C15H17NO5S/c1-15(2)9-12(17)10-5-3-6-11(14(10)21-15)16-22(18,19)13-7-4-8-20-13/h3-8,12,16-17H,9H2,1-2H3. The zero-order valence-electron chi connectivity index (χ0n) is 12.2. The van der Waals surface area contributed by atoms with Crippen molar-refractivity contribution >= 4 is 15.7 Å². The van der Waals surface area contributed by atoms with Gasteiger partial charge >= 0.3 is 0 Å². The third kappa shape index (κ3) is 2.69. The van der Waals surface area contributed by atoms with E-state index in [4.69, 9.17) is 9.15 Å². The molecular weight excluding hydrogens is 306 g/mol. The predicted octanol–water partition coefficient (Wildman–Crippen LogP) is 2.67. The molecule has 0 radical (unpaired) electrons. The fourth-order valence-corrected chi connectivity index (χ4v) is 3.51. The Balaban J connectivity index is 2.02. The summed E-state index contributed by atoms with van der Waals surface area (Å²) < 4.78 is 37.8. The smallest absolute Gasteiger partial charge is 0.295 e. The number of aliphatic hydroxyl groups excluding tert-OH is 1. The lowest BCUT2D eigenvalue weighted by molar-refractivity contribution is 0.0122. The van der Waals surface area contributed by atoms with Gasteiger partial charge in [-0.2, -0.15) is 8.42 Å². The van der Waals surface area contributed by atoms with E-state index in [-0.39, 0.29) is 10.8 Å². The summed E-state index contributed by atoms with van der Waals surface area (Å²) >= 11 is 0. The molecule has 0 saturated carbocycles. The summed E-state index contributed by atoms with van der Waals surface area (Å²) in [4.78, 5) is 0. The van der Waals surface area contributed by atoms with Crippen molar-refractivity contribution in [2.24, 2.45) is 0 Å². The van der Waals surface area contributed by atoms with Gasteiger partial charge in [-0.25, -0.2) is 0 Å². The van der Waals surface area contributed by atoms with Crippen LogP contribution in [0.15, 0.2) is 46.1 Å². The van der Waals surface area contributed by atoms with Gasteiger partial charge in [-0.3, -0.25) is 4.72 Å². The maximum absolute atomic E-state index is 12.3. The number of benzene rings is 1. The molecule has 1 aliphatic rings. The van der Waals surface area contributed by atoms with E-state index >= 15 is 0 Å². The summed E-state index contributed by atoms with van der Waals surface area (Å²) in [6, 6.07) is 7.84. The average Bonchev–Trinajstić information content (AvgIpc) is 2.93. The fourth-order valence-electron chi connectivity index (χ4n) is 2.52. The normalized spacial score (nSPS) is 20.0. The number of hydrogen-bond donors (Lipinski definition) is 2. The van der Waals surface area contributed by atoms with Crippen molar-refractivity contribution in [2.75, 3.05) is 4.72 Å². The summed E-state index contributed by atoms with van der Waals surface area (Å²) in [6.07, 6.45) is 1.03. The molecule has 2 N–H and O–H groups in total. The molecule has 6 nitrogen and oxygen atoms in total. The predicted molar refractivity (Wildman–Crippen MR) is 80.2 cm³/mol. The number of rotatable bonds is 3.